The summed E-state index contributed by atoms with van der Waals surface area (Å²) in [7, 11) is -1.96. The van der Waals surface area contributed by atoms with Gasteiger partial charge in [-0.05, 0) is 18.2 Å². The van der Waals surface area contributed by atoms with Crippen molar-refractivity contribution in [2.45, 2.75) is 11.4 Å². The number of benzene rings is 1. The Morgan fingerprint density at radius 2 is 2.11 bits per heavy atom. The molecule has 0 radical (unpaired) electrons. The second-order valence-electron chi connectivity index (χ2n) is 3.91. The zero-order valence-electron chi connectivity index (χ0n) is 10.2. The summed E-state index contributed by atoms with van der Waals surface area (Å²) in [5.41, 5.74) is 0.733. The molecule has 0 aliphatic rings. The first-order valence-electron chi connectivity index (χ1n) is 5.50. The summed E-state index contributed by atoms with van der Waals surface area (Å²) in [6, 6.07) is 9.66. The molecule has 1 aromatic carbocycles. The predicted molar refractivity (Wildman–Crippen MR) is 68.4 cm³/mol. The molecule has 6 nitrogen and oxygen atoms in total. The highest BCUT2D eigenvalue weighted by molar-refractivity contribution is 7.89. The zero-order valence-corrected chi connectivity index (χ0v) is 11.1. The lowest BCUT2D eigenvalue weighted by atomic mass is 10.2. The SMILES string of the molecule is Cn1ccc(CNS(=O)(=O)c2ccccc2C#N)n1. The van der Waals surface area contributed by atoms with Crippen LogP contribution in [0.4, 0.5) is 0 Å². The van der Waals surface area contributed by atoms with Gasteiger partial charge in [-0.25, -0.2) is 13.1 Å². The van der Waals surface area contributed by atoms with Crippen molar-refractivity contribution in [3.8, 4) is 6.07 Å². The predicted octanol–water partition coefficient (Wildman–Crippen LogP) is 0.770. The van der Waals surface area contributed by atoms with Gasteiger partial charge in [-0.15, -0.1) is 0 Å². The van der Waals surface area contributed by atoms with Crippen molar-refractivity contribution in [1.29, 1.82) is 5.26 Å². The molecule has 7 heteroatoms. The second-order valence-corrected chi connectivity index (χ2v) is 5.65. The summed E-state index contributed by atoms with van der Waals surface area (Å²) in [5, 5.41) is 13.0. The minimum Gasteiger partial charge on any atom is -0.276 e. The van der Waals surface area contributed by atoms with Gasteiger partial charge in [-0.1, -0.05) is 12.1 Å². The standard InChI is InChI=1S/C12H12N4O2S/c1-16-7-6-11(15-16)9-14-19(17,18)12-5-3-2-4-10(12)8-13/h2-7,14H,9H2,1H3. The Hall–Kier alpha value is -2.17. The summed E-state index contributed by atoms with van der Waals surface area (Å²) in [5.74, 6) is 0. The summed E-state index contributed by atoms with van der Waals surface area (Å²) >= 11 is 0. The molecule has 0 atom stereocenters. The van der Waals surface area contributed by atoms with Gasteiger partial charge in [0.1, 0.15) is 6.07 Å². The highest BCUT2D eigenvalue weighted by Gasteiger charge is 2.18. The maximum atomic E-state index is 12.1. The van der Waals surface area contributed by atoms with Crippen molar-refractivity contribution in [3.63, 3.8) is 0 Å². The minimum atomic E-state index is -3.71. The number of rotatable bonds is 4. The van der Waals surface area contributed by atoms with Crippen LogP contribution in [0.2, 0.25) is 0 Å². The van der Waals surface area contributed by atoms with Crippen LogP contribution in [-0.4, -0.2) is 18.2 Å². The van der Waals surface area contributed by atoms with E-state index in [1.165, 1.54) is 12.1 Å². The van der Waals surface area contributed by atoms with E-state index in [2.05, 4.69) is 9.82 Å². The molecule has 0 saturated heterocycles. The molecule has 0 unspecified atom stereocenters. The van der Waals surface area contributed by atoms with Crippen molar-refractivity contribution in [2.75, 3.05) is 0 Å². The minimum absolute atomic E-state index is 0.0200. The number of hydrogen-bond acceptors (Lipinski definition) is 4. The van der Waals surface area contributed by atoms with Crippen LogP contribution in [0.15, 0.2) is 41.4 Å². The van der Waals surface area contributed by atoms with E-state index in [0.29, 0.717) is 5.69 Å². The van der Waals surface area contributed by atoms with Crippen LogP contribution < -0.4 is 4.72 Å². The number of hydrogen-bond donors (Lipinski definition) is 1. The van der Waals surface area contributed by atoms with Crippen LogP contribution in [0.5, 0.6) is 0 Å². The van der Waals surface area contributed by atoms with Gasteiger partial charge in [0.15, 0.2) is 0 Å². The average Bonchev–Trinajstić information content (AvgIpc) is 2.82. The van der Waals surface area contributed by atoms with E-state index in [1.807, 2.05) is 6.07 Å². The zero-order chi connectivity index (χ0) is 13.9. The lowest BCUT2D eigenvalue weighted by Crippen LogP contribution is -2.24. The van der Waals surface area contributed by atoms with Crippen molar-refractivity contribution in [3.05, 3.63) is 47.8 Å². The van der Waals surface area contributed by atoms with Gasteiger partial charge in [0.25, 0.3) is 0 Å². The van der Waals surface area contributed by atoms with Gasteiger partial charge in [0.05, 0.1) is 22.7 Å². The molecule has 0 saturated carbocycles. The third-order valence-corrected chi connectivity index (χ3v) is 3.97. The highest BCUT2D eigenvalue weighted by Crippen LogP contribution is 2.14. The average molecular weight is 276 g/mol. The van der Waals surface area contributed by atoms with Gasteiger partial charge in [-0.2, -0.15) is 10.4 Å². The molecular weight excluding hydrogens is 264 g/mol. The maximum Gasteiger partial charge on any atom is 0.242 e. The van der Waals surface area contributed by atoms with Crippen LogP contribution in [0.25, 0.3) is 0 Å². The summed E-state index contributed by atoms with van der Waals surface area (Å²) in [6.45, 7) is 0.0862. The van der Waals surface area contributed by atoms with Crippen molar-refractivity contribution in [2.24, 2.45) is 7.05 Å². The number of sulfonamides is 1. The van der Waals surface area contributed by atoms with Crippen LogP contribution >= 0.6 is 0 Å². The Balaban J connectivity index is 2.21. The molecule has 2 rings (SSSR count). The van der Waals surface area contributed by atoms with Gasteiger partial charge >= 0.3 is 0 Å². The normalized spacial score (nSPS) is 11.2. The van der Waals surface area contributed by atoms with E-state index in [1.54, 1.807) is 36.1 Å². The lowest BCUT2D eigenvalue weighted by molar-refractivity contribution is 0.579. The molecule has 0 amide bonds. The van der Waals surface area contributed by atoms with Crippen molar-refractivity contribution < 1.29 is 8.42 Å². The smallest absolute Gasteiger partial charge is 0.242 e. The van der Waals surface area contributed by atoms with Crippen molar-refractivity contribution in [1.82, 2.24) is 14.5 Å². The summed E-state index contributed by atoms with van der Waals surface area (Å²) in [4.78, 5) is -0.0200. The molecule has 0 spiro atoms. The van der Waals surface area contributed by atoms with E-state index in [0.717, 1.165) is 0 Å². The first-order valence-corrected chi connectivity index (χ1v) is 6.98. The Morgan fingerprint density at radius 1 is 1.37 bits per heavy atom. The maximum absolute atomic E-state index is 12.1. The molecule has 2 aromatic rings. The lowest BCUT2D eigenvalue weighted by Gasteiger charge is -2.06. The molecule has 0 fully saturated rings. The quantitative estimate of drug-likeness (QED) is 0.893. The molecule has 19 heavy (non-hydrogen) atoms. The third-order valence-electron chi connectivity index (χ3n) is 2.51. The van der Waals surface area contributed by atoms with Crippen LogP contribution in [-0.2, 0) is 23.6 Å². The Morgan fingerprint density at radius 3 is 2.74 bits per heavy atom. The first-order chi connectivity index (χ1) is 9.03. The Bertz CT molecular complexity index is 728. The van der Waals surface area contributed by atoms with Gasteiger partial charge in [-0.3, -0.25) is 4.68 Å². The third kappa shape index (κ3) is 2.99. The Kier molecular flexibility index (Phi) is 3.64. The molecule has 0 aliphatic heterocycles. The molecule has 1 N–H and O–H groups in total. The van der Waals surface area contributed by atoms with E-state index in [9.17, 15) is 8.42 Å². The van der Waals surface area contributed by atoms with E-state index in [4.69, 9.17) is 5.26 Å². The fourth-order valence-corrected chi connectivity index (χ4v) is 2.75. The number of nitrogens with one attached hydrogen (secondary N) is 1. The summed E-state index contributed by atoms with van der Waals surface area (Å²) < 4.78 is 28.2. The van der Waals surface area contributed by atoms with Crippen LogP contribution in [0.3, 0.4) is 0 Å². The topological polar surface area (TPSA) is 87.8 Å². The number of aromatic nitrogens is 2. The molecule has 0 bridgehead atoms. The number of nitrogens with zero attached hydrogens (tertiary/aromatic N) is 3. The monoisotopic (exact) mass is 276 g/mol. The fraction of sp³-hybridized carbons (Fsp3) is 0.167. The van der Waals surface area contributed by atoms with E-state index >= 15 is 0 Å². The molecule has 1 aromatic heterocycles. The Labute approximate surface area is 111 Å². The van der Waals surface area contributed by atoms with E-state index in [-0.39, 0.29) is 17.0 Å². The van der Waals surface area contributed by atoms with E-state index < -0.39 is 10.0 Å². The number of aryl methyl sites for hydroxylation is 1. The van der Waals surface area contributed by atoms with Gasteiger partial charge in [0, 0.05) is 13.2 Å². The highest BCUT2D eigenvalue weighted by atomic mass is 32.2. The second kappa shape index (κ2) is 5.22. The van der Waals surface area contributed by atoms with Crippen LogP contribution in [0.1, 0.15) is 11.3 Å². The van der Waals surface area contributed by atoms with Gasteiger partial charge in [0.2, 0.25) is 10.0 Å². The molecule has 98 valence electrons. The van der Waals surface area contributed by atoms with Gasteiger partial charge < -0.3 is 0 Å². The molecule has 0 aliphatic carbocycles. The fourth-order valence-electron chi connectivity index (χ4n) is 1.60. The largest absolute Gasteiger partial charge is 0.276 e. The molecule has 1 heterocycles. The summed E-state index contributed by atoms with van der Waals surface area (Å²) in [6.07, 6.45) is 1.73. The first kappa shape index (κ1) is 13.3. The number of nitriles is 1. The molecular formula is C12H12N4O2S. The van der Waals surface area contributed by atoms with Crippen LogP contribution in [0, 0.1) is 11.3 Å². The van der Waals surface area contributed by atoms with Crippen molar-refractivity contribution >= 4 is 10.0 Å².